The first-order chi connectivity index (χ1) is 24.4. The maximum Gasteiger partial charge on any atom is 0.305 e. The van der Waals surface area contributed by atoms with Gasteiger partial charge < -0.3 is 14.1 Å². The van der Waals surface area contributed by atoms with Crippen LogP contribution < -0.4 is 10.4 Å². The van der Waals surface area contributed by atoms with Crippen molar-refractivity contribution in [3.8, 4) is 22.4 Å². The number of rotatable bonds is 16. The first-order valence-electron chi connectivity index (χ1n) is 17.5. The topological polar surface area (TPSA) is 90.7 Å². The molecule has 0 bridgehead atoms. The van der Waals surface area contributed by atoms with Gasteiger partial charge in [0.15, 0.2) is 8.03 Å². The molecule has 1 aromatic heterocycles. The summed E-state index contributed by atoms with van der Waals surface area (Å²) in [5.41, 5.74) is 4.56. The highest BCUT2D eigenvalue weighted by molar-refractivity contribution is 7.39. The van der Waals surface area contributed by atoms with Gasteiger partial charge in [-0.2, -0.15) is 5.10 Å². The minimum Gasteiger partial charge on any atom is -0.481 e. The van der Waals surface area contributed by atoms with E-state index in [0.29, 0.717) is 12.8 Å². The van der Waals surface area contributed by atoms with E-state index in [-0.39, 0.29) is 36.1 Å². The van der Waals surface area contributed by atoms with E-state index in [9.17, 15) is 18.9 Å². The first kappa shape index (κ1) is 38.1. The Morgan fingerprint density at radius 2 is 1.41 bits per heavy atom. The van der Waals surface area contributed by atoms with E-state index < -0.39 is 28.4 Å². The summed E-state index contributed by atoms with van der Waals surface area (Å²) in [5.74, 6) is -1.33. The number of aliphatic carboxylic acids is 1. The van der Waals surface area contributed by atoms with Crippen molar-refractivity contribution < 1.29 is 27.8 Å². The molecule has 1 heterocycles. The van der Waals surface area contributed by atoms with Gasteiger partial charge in [-0.05, 0) is 59.8 Å². The standard InChI is InChI=1S/C41H48FN2O5PSi/c1-30(2)44-37(39(31-23-25-33(42)26-24-31)40(43-44)32-16-9-6-10-17-32)22-15-27-48-50(47)29-34(28-38(45)46)49-51(41(3,4)5,35-18-11-7-12-19-35)36-20-13-8-14-21-36/h6-14,16-21,23-26,30,34,50H,15,22,27-29H2,1-5H3,(H,45,46). The van der Waals surface area contributed by atoms with Crippen LogP contribution in [0.1, 0.15) is 59.2 Å². The van der Waals surface area contributed by atoms with Crippen molar-refractivity contribution >= 4 is 32.7 Å². The van der Waals surface area contributed by atoms with Crippen LogP contribution in [-0.4, -0.2) is 48.0 Å². The second-order valence-corrected chi connectivity index (χ2v) is 19.8. The third-order valence-electron chi connectivity index (χ3n) is 9.06. The molecule has 10 heteroatoms. The Morgan fingerprint density at radius 3 is 1.92 bits per heavy atom. The van der Waals surface area contributed by atoms with Gasteiger partial charge in [-0.1, -0.05) is 124 Å². The van der Waals surface area contributed by atoms with Crippen molar-refractivity contribution in [1.29, 1.82) is 0 Å². The lowest BCUT2D eigenvalue weighted by atomic mass is 9.97. The second kappa shape index (κ2) is 16.9. The third kappa shape index (κ3) is 9.03. The number of hydrogen-bond acceptors (Lipinski definition) is 5. The zero-order valence-corrected chi connectivity index (χ0v) is 32.0. The summed E-state index contributed by atoms with van der Waals surface area (Å²) < 4.78 is 42.6. The van der Waals surface area contributed by atoms with Crippen LogP contribution in [0.25, 0.3) is 22.4 Å². The quantitative estimate of drug-likeness (QED) is 0.0621. The Labute approximate surface area is 302 Å². The molecular weight excluding hydrogens is 679 g/mol. The van der Waals surface area contributed by atoms with Gasteiger partial charge >= 0.3 is 5.97 Å². The molecule has 0 spiro atoms. The lowest BCUT2D eigenvalue weighted by Crippen LogP contribution is -2.68. The van der Waals surface area contributed by atoms with Gasteiger partial charge in [0.2, 0.25) is 0 Å². The van der Waals surface area contributed by atoms with Crippen LogP contribution in [0.4, 0.5) is 4.39 Å². The molecule has 2 unspecified atom stereocenters. The van der Waals surface area contributed by atoms with E-state index in [1.54, 1.807) is 12.1 Å². The fraction of sp³-hybridized carbons (Fsp3) is 0.317. The van der Waals surface area contributed by atoms with Crippen LogP contribution in [0.3, 0.4) is 0 Å². The summed E-state index contributed by atoms with van der Waals surface area (Å²) in [7, 11) is -5.76. The summed E-state index contributed by atoms with van der Waals surface area (Å²) in [6.45, 7) is 10.7. The van der Waals surface area contributed by atoms with Gasteiger partial charge in [0, 0.05) is 29.0 Å². The average Bonchev–Trinajstić information content (AvgIpc) is 3.49. The normalized spacial score (nSPS) is 13.3. The highest BCUT2D eigenvalue weighted by atomic mass is 31.1. The van der Waals surface area contributed by atoms with Gasteiger partial charge in [0.25, 0.3) is 8.32 Å². The zero-order valence-electron chi connectivity index (χ0n) is 30.0. The lowest BCUT2D eigenvalue weighted by Gasteiger charge is -2.45. The van der Waals surface area contributed by atoms with Crippen molar-refractivity contribution in [3.05, 3.63) is 127 Å². The largest absolute Gasteiger partial charge is 0.481 e. The number of halogens is 1. The number of carbonyl (C=O) groups is 1. The van der Waals surface area contributed by atoms with Crippen molar-refractivity contribution in [3.63, 3.8) is 0 Å². The van der Waals surface area contributed by atoms with E-state index in [4.69, 9.17) is 14.0 Å². The molecule has 5 rings (SSSR count). The smallest absolute Gasteiger partial charge is 0.305 e. The van der Waals surface area contributed by atoms with Crippen LogP contribution in [0.15, 0.2) is 115 Å². The van der Waals surface area contributed by atoms with Crippen molar-refractivity contribution in [2.45, 2.75) is 71.1 Å². The van der Waals surface area contributed by atoms with Gasteiger partial charge in [0.05, 0.1) is 19.1 Å². The molecule has 1 N–H and O–H groups in total. The van der Waals surface area contributed by atoms with Crippen molar-refractivity contribution in [1.82, 2.24) is 9.78 Å². The molecule has 51 heavy (non-hydrogen) atoms. The molecule has 0 saturated heterocycles. The summed E-state index contributed by atoms with van der Waals surface area (Å²) in [6, 6.07) is 36.5. The number of nitrogens with zero attached hydrogens (tertiary/aromatic N) is 2. The Morgan fingerprint density at radius 1 is 0.863 bits per heavy atom. The number of carboxylic acids is 1. The molecule has 4 aromatic carbocycles. The zero-order chi connectivity index (χ0) is 36.6. The molecule has 0 amide bonds. The molecule has 7 nitrogen and oxygen atoms in total. The van der Waals surface area contributed by atoms with Crippen LogP contribution in [0, 0.1) is 5.82 Å². The molecule has 0 aliphatic carbocycles. The molecule has 0 saturated carbocycles. The average molecular weight is 727 g/mol. The fourth-order valence-electron chi connectivity index (χ4n) is 6.82. The summed E-state index contributed by atoms with van der Waals surface area (Å²) in [5, 5.41) is 16.6. The Hall–Kier alpha value is -4.14. The van der Waals surface area contributed by atoms with Gasteiger partial charge in [-0.15, -0.1) is 0 Å². The Balaban J connectivity index is 1.36. The number of benzene rings is 4. The van der Waals surface area contributed by atoms with Crippen LogP contribution >= 0.6 is 8.03 Å². The van der Waals surface area contributed by atoms with E-state index in [0.717, 1.165) is 38.5 Å². The van der Waals surface area contributed by atoms with Crippen LogP contribution in [0.5, 0.6) is 0 Å². The van der Waals surface area contributed by atoms with Crippen LogP contribution in [-0.2, 0) is 24.7 Å². The van der Waals surface area contributed by atoms with Crippen molar-refractivity contribution in [2.75, 3.05) is 12.8 Å². The Kier molecular flexibility index (Phi) is 12.6. The SMILES string of the molecule is CC(C)n1nc(-c2ccccc2)c(-c2ccc(F)cc2)c1CCCO[PH](=O)CC(CC(=O)O)O[Si](c1ccccc1)(c1ccccc1)C(C)(C)C. The van der Waals surface area contributed by atoms with Gasteiger partial charge in [-0.3, -0.25) is 14.0 Å². The Bertz CT molecular complexity index is 1860. The molecule has 0 aliphatic heterocycles. The molecule has 0 fully saturated rings. The highest BCUT2D eigenvalue weighted by Crippen LogP contribution is 2.40. The fourth-order valence-corrected chi connectivity index (χ4v) is 12.8. The van der Waals surface area contributed by atoms with E-state index in [1.807, 2.05) is 95.7 Å². The van der Waals surface area contributed by atoms with E-state index in [2.05, 4.69) is 34.6 Å². The van der Waals surface area contributed by atoms with Gasteiger partial charge in [0.1, 0.15) is 11.5 Å². The van der Waals surface area contributed by atoms with Crippen molar-refractivity contribution in [2.24, 2.45) is 0 Å². The third-order valence-corrected chi connectivity index (χ3v) is 15.5. The monoisotopic (exact) mass is 726 g/mol. The predicted molar refractivity (Wildman–Crippen MR) is 206 cm³/mol. The molecule has 268 valence electrons. The molecular formula is C41H48FN2O5PSi. The second-order valence-electron chi connectivity index (χ2n) is 14.1. The van der Waals surface area contributed by atoms with E-state index >= 15 is 0 Å². The highest BCUT2D eigenvalue weighted by Gasteiger charge is 2.51. The lowest BCUT2D eigenvalue weighted by molar-refractivity contribution is -0.138. The molecule has 0 aliphatic rings. The van der Waals surface area contributed by atoms with Gasteiger partial charge in [-0.25, -0.2) is 4.39 Å². The van der Waals surface area contributed by atoms with E-state index in [1.165, 1.54) is 12.1 Å². The maximum atomic E-state index is 14.0. The number of aromatic nitrogens is 2. The molecule has 0 radical (unpaired) electrons. The predicted octanol–water partition coefficient (Wildman–Crippen LogP) is 8.78. The summed E-state index contributed by atoms with van der Waals surface area (Å²) in [4.78, 5) is 12.2. The molecule has 5 aromatic rings. The first-order valence-corrected chi connectivity index (χ1v) is 20.9. The summed E-state index contributed by atoms with van der Waals surface area (Å²) in [6.07, 6.45) is 0.0138. The maximum absolute atomic E-state index is 14.0. The summed E-state index contributed by atoms with van der Waals surface area (Å²) >= 11 is 0. The number of carboxylic acid groups (broad SMARTS) is 1. The number of hydrogen-bond donors (Lipinski definition) is 1. The minimum absolute atomic E-state index is 0.00955. The minimum atomic E-state index is -3.09. The van der Waals surface area contributed by atoms with Crippen LogP contribution in [0.2, 0.25) is 5.04 Å². The molecule has 2 atom stereocenters.